The molecule has 4 aliphatic carbocycles. The topological polar surface area (TPSA) is 77.8 Å². The molecule has 4 saturated carbocycles. The van der Waals surface area contributed by atoms with Crippen molar-refractivity contribution in [3.05, 3.63) is 35.4 Å². The highest BCUT2D eigenvalue weighted by Crippen LogP contribution is 2.69. The molecule has 5 rings (SSSR count). The third kappa shape index (κ3) is 4.15. The zero-order valence-corrected chi connectivity index (χ0v) is 22.8. The van der Waals surface area contributed by atoms with Crippen LogP contribution in [0, 0.1) is 52.3 Å². The number of carbonyl (C=O) groups is 1. The maximum absolute atomic E-state index is 11.9. The molecule has 0 unspecified atom stereocenters. The molecule has 0 spiro atoms. The van der Waals surface area contributed by atoms with E-state index in [2.05, 4.69) is 33.8 Å². The molecular weight excluding hydrogens is 448 g/mol. The lowest BCUT2D eigenvalue weighted by atomic mass is 9.41. The molecule has 4 nitrogen and oxygen atoms in total. The molecule has 1 aromatic carbocycles. The van der Waals surface area contributed by atoms with Gasteiger partial charge in [0.25, 0.3) is 0 Å². The molecule has 0 heterocycles. The molecule has 0 bridgehead atoms. The molecule has 11 atom stereocenters. The molecule has 200 valence electrons. The summed E-state index contributed by atoms with van der Waals surface area (Å²) in [5, 5.41) is 31.7. The van der Waals surface area contributed by atoms with Crippen molar-refractivity contribution in [2.24, 2.45) is 52.3 Å². The van der Waals surface area contributed by atoms with Crippen molar-refractivity contribution >= 4 is 5.97 Å². The van der Waals surface area contributed by atoms with Gasteiger partial charge in [0.1, 0.15) is 0 Å². The van der Waals surface area contributed by atoms with E-state index < -0.39 is 5.97 Å². The van der Waals surface area contributed by atoms with Gasteiger partial charge in [-0.3, -0.25) is 0 Å². The van der Waals surface area contributed by atoms with Gasteiger partial charge in [0.15, 0.2) is 0 Å². The molecule has 0 aromatic heterocycles. The summed E-state index contributed by atoms with van der Waals surface area (Å²) in [7, 11) is 0. The van der Waals surface area contributed by atoms with E-state index in [1.54, 1.807) is 6.07 Å². The molecule has 3 N–H and O–H groups in total. The second kappa shape index (κ2) is 9.73. The van der Waals surface area contributed by atoms with Crippen molar-refractivity contribution in [1.82, 2.24) is 0 Å². The lowest BCUT2D eigenvalue weighted by molar-refractivity contribution is -0.203. The number of carboxylic acid groups (broad SMARTS) is 1. The van der Waals surface area contributed by atoms with Gasteiger partial charge in [0, 0.05) is 0 Å². The first-order valence-corrected chi connectivity index (χ1v) is 14.8. The number of carboxylic acids is 1. The van der Waals surface area contributed by atoms with Gasteiger partial charge in [-0.1, -0.05) is 46.2 Å². The Morgan fingerprint density at radius 3 is 2.47 bits per heavy atom. The fourth-order valence-electron chi connectivity index (χ4n) is 10.4. The molecule has 4 fully saturated rings. The fraction of sp³-hybridized carbons (Fsp3) is 0.781. The monoisotopic (exact) mass is 496 g/mol. The van der Waals surface area contributed by atoms with Crippen LogP contribution in [0.15, 0.2) is 24.3 Å². The second-order valence-corrected chi connectivity index (χ2v) is 13.6. The molecule has 1 aromatic rings. The van der Waals surface area contributed by atoms with Crippen LogP contribution in [0.3, 0.4) is 0 Å². The Balaban J connectivity index is 1.34. The molecule has 4 aliphatic rings. The first kappa shape index (κ1) is 26.2. The van der Waals surface area contributed by atoms with Crippen LogP contribution in [0.5, 0.6) is 0 Å². The largest absolute Gasteiger partial charge is 0.478 e. The average molecular weight is 497 g/mol. The molecule has 0 aliphatic heterocycles. The fourth-order valence-corrected chi connectivity index (χ4v) is 10.4. The smallest absolute Gasteiger partial charge is 0.335 e. The zero-order valence-electron chi connectivity index (χ0n) is 22.8. The van der Waals surface area contributed by atoms with Gasteiger partial charge in [-0.2, -0.15) is 0 Å². The van der Waals surface area contributed by atoms with Crippen LogP contribution in [-0.4, -0.2) is 33.5 Å². The normalized spacial score (nSPS) is 44.8. The average Bonchev–Trinajstić information content (AvgIpc) is 3.21. The molecule has 4 heteroatoms. The van der Waals surface area contributed by atoms with Crippen molar-refractivity contribution in [2.75, 3.05) is 0 Å². The molecule has 0 amide bonds. The summed E-state index contributed by atoms with van der Waals surface area (Å²) in [6.07, 6.45) is 10.5. The van der Waals surface area contributed by atoms with Crippen LogP contribution >= 0.6 is 0 Å². The first-order valence-electron chi connectivity index (χ1n) is 14.8. The number of aliphatic hydroxyl groups is 2. The highest BCUT2D eigenvalue weighted by Gasteiger charge is 2.64. The van der Waals surface area contributed by atoms with E-state index in [1.165, 1.54) is 25.7 Å². The maximum atomic E-state index is 11.9. The predicted octanol–water partition coefficient (Wildman–Crippen LogP) is 6.58. The minimum absolute atomic E-state index is 0.192. The van der Waals surface area contributed by atoms with Crippen LogP contribution < -0.4 is 0 Å². The highest BCUT2D eigenvalue weighted by molar-refractivity contribution is 5.87. The van der Waals surface area contributed by atoms with Crippen molar-refractivity contribution in [3.63, 3.8) is 0 Å². The lowest BCUT2D eigenvalue weighted by Crippen LogP contribution is -2.62. The maximum Gasteiger partial charge on any atom is 0.335 e. The van der Waals surface area contributed by atoms with E-state index in [4.69, 9.17) is 0 Å². The van der Waals surface area contributed by atoms with E-state index >= 15 is 0 Å². The van der Waals surface area contributed by atoms with Crippen molar-refractivity contribution in [2.45, 2.75) is 104 Å². The van der Waals surface area contributed by atoms with Crippen molar-refractivity contribution in [1.29, 1.82) is 0 Å². The van der Waals surface area contributed by atoms with Gasteiger partial charge in [0.05, 0.1) is 17.8 Å². The van der Waals surface area contributed by atoms with E-state index in [9.17, 15) is 20.1 Å². The lowest BCUT2D eigenvalue weighted by Gasteiger charge is -2.64. The van der Waals surface area contributed by atoms with Crippen LogP contribution in [0.2, 0.25) is 0 Å². The number of fused-ring (bicyclic) bond motifs is 5. The molecule has 0 radical (unpaired) electrons. The Kier molecular flexibility index (Phi) is 7.09. The van der Waals surface area contributed by atoms with Gasteiger partial charge in [-0.15, -0.1) is 0 Å². The van der Waals surface area contributed by atoms with E-state index in [0.717, 1.165) is 44.1 Å². The molecule has 36 heavy (non-hydrogen) atoms. The summed E-state index contributed by atoms with van der Waals surface area (Å²) < 4.78 is 0. The Labute approximate surface area is 217 Å². The summed E-state index contributed by atoms with van der Waals surface area (Å²) >= 11 is 0. The number of aliphatic hydroxyl groups excluding tert-OH is 2. The summed E-state index contributed by atoms with van der Waals surface area (Å²) in [5.74, 6) is 2.72. The summed E-state index contributed by atoms with van der Waals surface area (Å²) in [6, 6.07) is 7.43. The van der Waals surface area contributed by atoms with Gasteiger partial charge < -0.3 is 15.3 Å². The number of hydrogen-bond donors (Lipinski definition) is 3. The summed E-state index contributed by atoms with van der Waals surface area (Å²) in [5.41, 5.74) is 2.03. The van der Waals surface area contributed by atoms with Gasteiger partial charge in [-0.25, -0.2) is 4.79 Å². The number of benzene rings is 1. The SMILES string of the molecule is CC[C@H]1[C@@H](O)[C@@H]2[C@H](CC[C@]3(C)[C@@H]([C@H](C)CCc4cccc(C(=O)O)c4)CC[C@@H]23)[C@@]2(C)CC[C@@H](O)C[C@@H]12. The third-order valence-electron chi connectivity index (χ3n) is 12.2. The van der Waals surface area contributed by atoms with E-state index in [-0.39, 0.29) is 23.0 Å². The Morgan fingerprint density at radius 2 is 1.75 bits per heavy atom. The minimum Gasteiger partial charge on any atom is -0.478 e. The van der Waals surface area contributed by atoms with Crippen LogP contribution in [0.1, 0.15) is 101 Å². The van der Waals surface area contributed by atoms with Gasteiger partial charge in [0.2, 0.25) is 0 Å². The first-order chi connectivity index (χ1) is 17.1. The summed E-state index contributed by atoms with van der Waals surface area (Å²) in [4.78, 5) is 11.4. The molecular formula is C32H48O4. The Bertz CT molecular complexity index is 959. The Hall–Kier alpha value is -1.39. The van der Waals surface area contributed by atoms with Crippen LogP contribution in [0.4, 0.5) is 0 Å². The van der Waals surface area contributed by atoms with Gasteiger partial charge >= 0.3 is 5.97 Å². The Morgan fingerprint density at radius 1 is 1.03 bits per heavy atom. The third-order valence-corrected chi connectivity index (χ3v) is 12.2. The quantitative estimate of drug-likeness (QED) is 0.416. The molecule has 0 saturated heterocycles. The minimum atomic E-state index is -0.854. The predicted molar refractivity (Wildman–Crippen MR) is 143 cm³/mol. The highest BCUT2D eigenvalue weighted by atomic mass is 16.4. The van der Waals surface area contributed by atoms with Crippen molar-refractivity contribution in [3.8, 4) is 0 Å². The van der Waals surface area contributed by atoms with Crippen LogP contribution in [0.25, 0.3) is 0 Å². The van der Waals surface area contributed by atoms with Gasteiger partial charge in [-0.05, 0) is 128 Å². The van der Waals surface area contributed by atoms with E-state index in [0.29, 0.717) is 47.0 Å². The van der Waals surface area contributed by atoms with E-state index in [1.807, 2.05) is 12.1 Å². The zero-order chi connectivity index (χ0) is 25.8. The number of hydrogen-bond acceptors (Lipinski definition) is 3. The van der Waals surface area contributed by atoms with Crippen LogP contribution in [-0.2, 0) is 6.42 Å². The summed E-state index contributed by atoms with van der Waals surface area (Å²) in [6.45, 7) is 9.71. The standard InChI is InChI=1S/C32H48O4/c1-5-23-27-18-22(33)13-15-32(27,4)26-14-16-31(3)24(11-12-25(31)28(26)29(23)34)19(2)9-10-20-7-6-8-21(17-20)30(35)36/h6-8,17,19,22-29,33-34H,5,9-16,18H2,1-4H3,(H,35,36)/t19-,22-,23-,24-,25+,26+,27+,28+,29-,31-,32-/m1/s1. The number of aryl methyl sites for hydroxylation is 1. The second-order valence-electron chi connectivity index (χ2n) is 13.6. The number of aromatic carboxylic acids is 1. The van der Waals surface area contributed by atoms with Crippen molar-refractivity contribution < 1.29 is 20.1 Å². The number of rotatable bonds is 6.